The molecule has 0 aliphatic heterocycles. The number of hydrogen-bond donors (Lipinski definition) is 0. The molecule has 0 rings (SSSR count). The highest BCUT2D eigenvalue weighted by Gasteiger charge is 2.25. The van der Waals surface area contributed by atoms with Gasteiger partial charge >= 0.3 is 0 Å². The SMILES string of the molecule is CCCCCCCCCCCCCCC[N+](CCCCCC)(CCCCCC)CCCCCC. The summed E-state index contributed by atoms with van der Waals surface area (Å²) in [6.45, 7) is 15.3. The number of quaternary nitrogens is 1. The van der Waals surface area contributed by atoms with E-state index >= 15 is 0 Å². The Morgan fingerprint density at radius 3 is 0.647 bits per heavy atom. The van der Waals surface area contributed by atoms with Crippen LogP contribution in [-0.2, 0) is 0 Å². The molecule has 0 saturated carbocycles. The second kappa shape index (κ2) is 27.5. The van der Waals surface area contributed by atoms with Crippen molar-refractivity contribution >= 4 is 0 Å². The zero-order valence-corrected chi connectivity index (χ0v) is 25.0. The molecule has 0 aromatic rings. The highest BCUT2D eigenvalue weighted by molar-refractivity contribution is 4.54. The summed E-state index contributed by atoms with van der Waals surface area (Å²) >= 11 is 0. The van der Waals surface area contributed by atoms with E-state index in [2.05, 4.69) is 27.7 Å². The third kappa shape index (κ3) is 22.4. The van der Waals surface area contributed by atoms with E-state index in [9.17, 15) is 0 Å². The van der Waals surface area contributed by atoms with Crippen LogP contribution in [0.4, 0.5) is 0 Å². The Morgan fingerprint density at radius 2 is 0.412 bits per heavy atom. The third-order valence-corrected chi connectivity index (χ3v) is 8.19. The van der Waals surface area contributed by atoms with Gasteiger partial charge in [-0.3, -0.25) is 0 Å². The van der Waals surface area contributed by atoms with Gasteiger partial charge in [-0.25, -0.2) is 0 Å². The Morgan fingerprint density at radius 1 is 0.235 bits per heavy atom. The minimum Gasteiger partial charge on any atom is -0.324 e. The molecule has 0 amide bonds. The van der Waals surface area contributed by atoms with Crippen LogP contribution in [0, 0.1) is 0 Å². The molecule has 0 bridgehead atoms. The highest BCUT2D eigenvalue weighted by Crippen LogP contribution is 2.20. The molecule has 0 aromatic heterocycles. The van der Waals surface area contributed by atoms with Gasteiger partial charge in [0.05, 0.1) is 26.2 Å². The van der Waals surface area contributed by atoms with E-state index in [1.54, 1.807) is 0 Å². The van der Waals surface area contributed by atoms with Crippen LogP contribution in [0.25, 0.3) is 0 Å². The van der Waals surface area contributed by atoms with E-state index in [1.165, 1.54) is 191 Å². The standard InChI is InChI=1S/C33H70N/c1-5-9-13-17-18-19-20-21-22-23-24-25-29-33-34(30-26-14-10-6-2,31-27-15-11-7-3)32-28-16-12-8-4/h5-33H2,1-4H3/q+1. The molecule has 0 N–H and O–H groups in total. The molecule has 0 radical (unpaired) electrons. The highest BCUT2D eigenvalue weighted by atomic mass is 15.3. The largest absolute Gasteiger partial charge is 0.324 e. The van der Waals surface area contributed by atoms with E-state index in [0.717, 1.165) is 0 Å². The molecule has 0 aliphatic carbocycles. The molecule has 0 saturated heterocycles. The number of hydrogen-bond acceptors (Lipinski definition) is 0. The first-order chi connectivity index (χ1) is 16.7. The summed E-state index contributed by atoms with van der Waals surface area (Å²) in [5, 5.41) is 0. The lowest BCUT2D eigenvalue weighted by atomic mass is 10.0. The first-order valence-electron chi connectivity index (χ1n) is 16.6. The first-order valence-corrected chi connectivity index (χ1v) is 16.6. The van der Waals surface area contributed by atoms with Crippen molar-refractivity contribution in [1.82, 2.24) is 0 Å². The second-order valence-electron chi connectivity index (χ2n) is 11.7. The quantitative estimate of drug-likeness (QED) is 0.0737. The van der Waals surface area contributed by atoms with Crippen molar-refractivity contribution in [1.29, 1.82) is 0 Å². The summed E-state index contributed by atoms with van der Waals surface area (Å²) in [4.78, 5) is 0. The normalized spacial score (nSPS) is 12.0. The van der Waals surface area contributed by atoms with Crippen molar-refractivity contribution in [2.45, 2.75) is 188 Å². The van der Waals surface area contributed by atoms with Crippen molar-refractivity contribution in [2.24, 2.45) is 0 Å². The summed E-state index contributed by atoms with van der Waals surface area (Å²) in [7, 11) is 0. The fraction of sp³-hybridized carbons (Fsp3) is 1.00. The van der Waals surface area contributed by atoms with Crippen molar-refractivity contribution in [3.05, 3.63) is 0 Å². The van der Waals surface area contributed by atoms with Crippen LogP contribution in [0.1, 0.15) is 188 Å². The summed E-state index contributed by atoms with van der Waals surface area (Å²) in [5.41, 5.74) is 0. The molecular weight excluding hydrogens is 410 g/mol. The van der Waals surface area contributed by atoms with Gasteiger partial charge in [0.2, 0.25) is 0 Å². The zero-order chi connectivity index (χ0) is 25.0. The van der Waals surface area contributed by atoms with Crippen LogP contribution in [-0.4, -0.2) is 30.7 Å². The maximum absolute atomic E-state index is 2.35. The Bertz CT molecular complexity index is 332. The lowest BCUT2D eigenvalue weighted by Crippen LogP contribution is -2.50. The van der Waals surface area contributed by atoms with Crippen molar-refractivity contribution in [3.8, 4) is 0 Å². The van der Waals surface area contributed by atoms with E-state index in [1.807, 2.05) is 0 Å². The fourth-order valence-electron chi connectivity index (χ4n) is 5.76. The molecule has 1 heteroatoms. The number of unbranched alkanes of at least 4 members (excludes halogenated alkanes) is 21. The molecule has 0 fully saturated rings. The predicted octanol–water partition coefficient (Wildman–Crippen LogP) is 11.6. The molecule has 0 atom stereocenters. The maximum atomic E-state index is 2.35. The minimum absolute atomic E-state index is 1.37. The number of rotatable bonds is 29. The van der Waals surface area contributed by atoms with Crippen LogP contribution in [0.5, 0.6) is 0 Å². The van der Waals surface area contributed by atoms with E-state index < -0.39 is 0 Å². The van der Waals surface area contributed by atoms with Gasteiger partial charge in [0.1, 0.15) is 0 Å². The fourth-order valence-corrected chi connectivity index (χ4v) is 5.76. The van der Waals surface area contributed by atoms with Gasteiger partial charge in [-0.05, 0) is 51.4 Å². The molecular formula is C33H70N+. The molecule has 0 aromatic carbocycles. The molecule has 0 heterocycles. The molecule has 206 valence electrons. The smallest absolute Gasteiger partial charge is 0.0786 e. The molecule has 0 unspecified atom stereocenters. The number of nitrogens with zero attached hydrogens (tertiary/aromatic N) is 1. The average molecular weight is 481 g/mol. The summed E-state index contributed by atoms with van der Waals surface area (Å²) in [6.07, 6.45) is 36.3. The van der Waals surface area contributed by atoms with Gasteiger partial charge in [0.25, 0.3) is 0 Å². The van der Waals surface area contributed by atoms with Gasteiger partial charge in [0.15, 0.2) is 0 Å². The Kier molecular flexibility index (Phi) is 27.5. The van der Waals surface area contributed by atoms with E-state index in [0.29, 0.717) is 0 Å². The van der Waals surface area contributed by atoms with E-state index in [4.69, 9.17) is 0 Å². The van der Waals surface area contributed by atoms with Crippen LogP contribution in [0.3, 0.4) is 0 Å². The third-order valence-electron chi connectivity index (χ3n) is 8.19. The summed E-state index contributed by atoms with van der Waals surface area (Å²) in [6, 6.07) is 0. The van der Waals surface area contributed by atoms with Crippen molar-refractivity contribution in [3.63, 3.8) is 0 Å². The van der Waals surface area contributed by atoms with Gasteiger partial charge in [-0.1, -0.05) is 137 Å². The minimum atomic E-state index is 1.37. The van der Waals surface area contributed by atoms with Crippen LogP contribution >= 0.6 is 0 Å². The molecule has 34 heavy (non-hydrogen) atoms. The lowest BCUT2D eigenvalue weighted by Gasteiger charge is -2.39. The summed E-state index contributed by atoms with van der Waals surface area (Å²) < 4.78 is 1.47. The van der Waals surface area contributed by atoms with Gasteiger partial charge in [-0.2, -0.15) is 0 Å². The van der Waals surface area contributed by atoms with Crippen molar-refractivity contribution < 1.29 is 4.48 Å². The van der Waals surface area contributed by atoms with Crippen molar-refractivity contribution in [2.75, 3.05) is 26.2 Å². The molecule has 1 nitrogen and oxygen atoms in total. The zero-order valence-electron chi connectivity index (χ0n) is 25.0. The van der Waals surface area contributed by atoms with Gasteiger partial charge in [0, 0.05) is 0 Å². The topological polar surface area (TPSA) is 0 Å². The van der Waals surface area contributed by atoms with Crippen LogP contribution in [0.15, 0.2) is 0 Å². The molecule has 0 aliphatic rings. The Labute approximate surface area is 218 Å². The van der Waals surface area contributed by atoms with Crippen LogP contribution < -0.4 is 0 Å². The monoisotopic (exact) mass is 481 g/mol. The average Bonchev–Trinajstić information content (AvgIpc) is 2.85. The van der Waals surface area contributed by atoms with Gasteiger partial charge in [-0.15, -0.1) is 0 Å². The van der Waals surface area contributed by atoms with E-state index in [-0.39, 0.29) is 0 Å². The predicted molar refractivity (Wildman–Crippen MR) is 158 cm³/mol. The first kappa shape index (κ1) is 34.0. The lowest BCUT2D eigenvalue weighted by molar-refractivity contribution is -0.929. The second-order valence-corrected chi connectivity index (χ2v) is 11.7. The van der Waals surface area contributed by atoms with Crippen LogP contribution in [0.2, 0.25) is 0 Å². The Hall–Kier alpha value is -0.0400. The molecule has 0 spiro atoms. The maximum Gasteiger partial charge on any atom is 0.0786 e. The van der Waals surface area contributed by atoms with Gasteiger partial charge < -0.3 is 4.48 Å². The summed E-state index contributed by atoms with van der Waals surface area (Å²) in [5.74, 6) is 0. The Balaban J connectivity index is 4.28.